The van der Waals surface area contributed by atoms with E-state index in [1.54, 1.807) is 24.3 Å². The van der Waals surface area contributed by atoms with Crippen molar-refractivity contribution < 1.29 is 14.2 Å². The van der Waals surface area contributed by atoms with E-state index in [0.717, 1.165) is 4.47 Å². The topological polar surface area (TPSA) is 29.5 Å². The molecule has 0 saturated heterocycles. The molecule has 2 aromatic rings. The molecule has 2 aromatic carbocycles. The number of hydrogen-bond donors (Lipinski definition) is 1. The van der Waals surface area contributed by atoms with Gasteiger partial charge in [0.2, 0.25) is 0 Å². The molecule has 0 fully saturated rings. The van der Waals surface area contributed by atoms with E-state index >= 15 is 0 Å². The number of ether oxygens (including phenoxy) is 1. The van der Waals surface area contributed by atoms with Crippen LogP contribution in [0.15, 0.2) is 40.9 Å². The van der Waals surface area contributed by atoms with E-state index in [1.165, 1.54) is 19.2 Å². The van der Waals surface area contributed by atoms with Gasteiger partial charge in [0.15, 0.2) is 0 Å². The molecule has 0 radical (unpaired) electrons. The van der Waals surface area contributed by atoms with Gasteiger partial charge in [-0.2, -0.15) is 0 Å². The molecule has 0 atom stereocenters. The summed E-state index contributed by atoms with van der Waals surface area (Å²) < 4.78 is 19.5. The highest BCUT2D eigenvalue weighted by Gasteiger charge is 2.11. The first-order valence-corrected chi connectivity index (χ1v) is 5.73. The Hall–Kier alpha value is -1.55. The maximum Gasteiger partial charge on any atom is 0.131 e. The van der Waals surface area contributed by atoms with Gasteiger partial charge < -0.3 is 9.84 Å². The largest absolute Gasteiger partial charge is 0.507 e. The second-order valence-electron chi connectivity index (χ2n) is 3.51. The molecule has 0 amide bonds. The minimum atomic E-state index is -0.392. The zero-order chi connectivity index (χ0) is 12.4. The van der Waals surface area contributed by atoms with Gasteiger partial charge in [-0.15, -0.1) is 0 Å². The molecule has 2 rings (SSSR count). The van der Waals surface area contributed by atoms with Crippen molar-refractivity contribution in [3.63, 3.8) is 0 Å². The quantitative estimate of drug-likeness (QED) is 0.909. The Morgan fingerprint density at radius 3 is 2.59 bits per heavy atom. The van der Waals surface area contributed by atoms with Crippen molar-refractivity contribution in [2.45, 2.75) is 0 Å². The predicted octanol–water partition coefficient (Wildman–Crippen LogP) is 3.97. The van der Waals surface area contributed by atoms with Crippen molar-refractivity contribution in [1.82, 2.24) is 0 Å². The van der Waals surface area contributed by atoms with Crippen LogP contribution in [0.2, 0.25) is 0 Å². The molecular weight excluding hydrogens is 287 g/mol. The van der Waals surface area contributed by atoms with Crippen molar-refractivity contribution >= 4 is 15.9 Å². The van der Waals surface area contributed by atoms with Gasteiger partial charge in [-0.1, -0.05) is 15.9 Å². The van der Waals surface area contributed by atoms with Crippen molar-refractivity contribution in [3.8, 4) is 22.6 Å². The minimum Gasteiger partial charge on any atom is -0.507 e. The molecule has 0 aliphatic rings. The number of phenols is 1. The molecule has 17 heavy (non-hydrogen) atoms. The first kappa shape index (κ1) is 11.9. The van der Waals surface area contributed by atoms with Crippen LogP contribution in [0.3, 0.4) is 0 Å². The lowest BCUT2D eigenvalue weighted by Crippen LogP contribution is -1.88. The van der Waals surface area contributed by atoms with E-state index in [1.807, 2.05) is 0 Å². The van der Waals surface area contributed by atoms with E-state index in [0.29, 0.717) is 16.9 Å². The Balaban J connectivity index is 2.62. The number of halogens is 2. The molecule has 0 unspecified atom stereocenters. The summed E-state index contributed by atoms with van der Waals surface area (Å²) in [5, 5.41) is 9.76. The van der Waals surface area contributed by atoms with Gasteiger partial charge in [0.1, 0.15) is 17.3 Å². The minimum absolute atomic E-state index is 0.0165. The zero-order valence-corrected chi connectivity index (χ0v) is 10.7. The first-order chi connectivity index (χ1) is 8.11. The summed E-state index contributed by atoms with van der Waals surface area (Å²) in [4.78, 5) is 0. The third-order valence-electron chi connectivity index (χ3n) is 2.42. The standard InChI is InChI=1S/C13H10BrFO2/c1-17-9-3-5-13(16)11(7-9)10-6-8(14)2-4-12(10)15/h2-7,16H,1H3. The summed E-state index contributed by atoms with van der Waals surface area (Å²) in [7, 11) is 1.52. The van der Waals surface area contributed by atoms with Gasteiger partial charge in [-0.25, -0.2) is 4.39 Å². The van der Waals surface area contributed by atoms with Gasteiger partial charge in [0.05, 0.1) is 7.11 Å². The van der Waals surface area contributed by atoms with Crippen molar-refractivity contribution in [2.75, 3.05) is 7.11 Å². The zero-order valence-electron chi connectivity index (χ0n) is 9.08. The monoisotopic (exact) mass is 296 g/mol. The average molecular weight is 297 g/mol. The number of benzene rings is 2. The fraction of sp³-hybridized carbons (Fsp3) is 0.0769. The maximum absolute atomic E-state index is 13.7. The Labute approximate surface area is 107 Å². The summed E-state index contributed by atoms with van der Waals surface area (Å²) in [5.74, 6) is 0.191. The van der Waals surface area contributed by atoms with E-state index in [4.69, 9.17) is 4.74 Å². The highest BCUT2D eigenvalue weighted by Crippen LogP contribution is 2.35. The number of aromatic hydroxyl groups is 1. The van der Waals surface area contributed by atoms with Crippen LogP contribution in [0.5, 0.6) is 11.5 Å². The highest BCUT2D eigenvalue weighted by atomic mass is 79.9. The molecule has 0 saturated carbocycles. The van der Waals surface area contributed by atoms with Crippen LogP contribution in [0.1, 0.15) is 0 Å². The number of methoxy groups -OCH3 is 1. The Kier molecular flexibility index (Phi) is 3.33. The van der Waals surface area contributed by atoms with Crippen molar-refractivity contribution in [1.29, 1.82) is 0 Å². The fourth-order valence-corrected chi connectivity index (χ4v) is 1.92. The molecule has 0 spiro atoms. The van der Waals surface area contributed by atoms with Crippen molar-refractivity contribution in [2.24, 2.45) is 0 Å². The van der Waals surface area contributed by atoms with Crippen molar-refractivity contribution in [3.05, 3.63) is 46.7 Å². The summed E-state index contributed by atoms with van der Waals surface area (Å²) in [6, 6.07) is 9.27. The van der Waals surface area contributed by atoms with Gasteiger partial charge in [0, 0.05) is 15.6 Å². The molecule has 0 aliphatic heterocycles. The molecular formula is C13H10BrFO2. The van der Waals surface area contributed by atoms with Crippen LogP contribution >= 0.6 is 15.9 Å². The Bertz CT molecular complexity index is 555. The predicted molar refractivity (Wildman–Crippen MR) is 67.8 cm³/mol. The lowest BCUT2D eigenvalue weighted by molar-refractivity contribution is 0.412. The van der Waals surface area contributed by atoms with E-state index < -0.39 is 5.82 Å². The van der Waals surface area contributed by atoms with Gasteiger partial charge in [-0.05, 0) is 36.4 Å². The summed E-state index contributed by atoms with van der Waals surface area (Å²) in [6.45, 7) is 0. The van der Waals surface area contributed by atoms with Crippen LogP contribution in [0.4, 0.5) is 4.39 Å². The number of rotatable bonds is 2. The first-order valence-electron chi connectivity index (χ1n) is 4.94. The van der Waals surface area contributed by atoms with Crippen LogP contribution in [-0.2, 0) is 0 Å². The maximum atomic E-state index is 13.7. The fourth-order valence-electron chi connectivity index (χ4n) is 1.56. The second-order valence-corrected chi connectivity index (χ2v) is 4.42. The van der Waals surface area contributed by atoms with E-state index in [-0.39, 0.29) is 5.75 Å². The van der Waals surface area contributed by atoms with Crippen LogP contribution in [-0.4, -0.2) is 12.2 Å². The molecule has 1 N–H and O–H groups in total. The molecule has 0 heterocycles. The average Bonchev–Trinajstić information content (AvgIpc) is 2.33. The second kappa shape index (κ2) is 4.75. The lowest BCUT2D eigenvalue weighted by Gasteiger charge is -2.08. The van der Waals surface area contributed by atoms with Gasteiger partial charge >= 0.3 is 0 Å². The van der Waals surface area contributed by atoms with Crippen LogP contribution < -0.4 is 4.74 Å². The Morgan fingerprint density at radius 1 is 1.12 bits per heavy atom. The van der Waals surface area contributed by atoms with E-state index in [9.17, 15) is 9.50 Å². The molecule has 0 aliphatic carbocycles. The molecule has 2 nitrogen and oxygen atoms in total. The van der Waals surface area contributed by atoms with Crippen LogP contribution in [0.25, 0.3) is 11.1 Å². The molecule has 0 bridgehead atoms. The summed E-state index contributed by atoms with van der Waals surface area (Å²) in [5.41, 5.74) is 0.735. The van der Waals surface area contributed by atoms with Gasteiger partial charge in [0.25, 0.3) is 0 Å². The lowest BCUT2D eigenvalue weighted by atomic mass is 10.0. The molecule has 0 aromatic heterocycles. The van der Waals surface area contributed by atoms with Crippen LogP contribution in [0, 0.1) is 5.82 Å². The highest BCUT2D eigenvalue weighted by molar-refractivity contribution is 9.10. The molecule has 88 valence electrons. The summed E-state index contributed by atoms with van der Waals surface area (Å²) in [6.07, 6.45) is 0. The summed E-state index contributed by atoms with van der Waals surface area (Å²) >= 11 is 3.27. The molecule has 4 heteroatoms. The van der Waals surface area contributed by atoms with E-state index in [2.05, 4.69) is 15.9 Å². The number of phenolic OH excluding ortho intramolecular Hbond substituents is 1. The third-order valence-corrected chi connectivity index (χ3v) is 2.92. The normalized spacial score (nSPS) is 10.3. The SMILES string of the molecule is COc1ccc(O)c(-c2cc(Br)ccc2F)c1. The smallest absolute Gasteiger partial charge is 0.131 e. The Morgan fingerprint density at radius 2 is 1.88 bits per heavy atom. The third kappa shape index (κ3) is 2.42. The van der Waals surface area contributed by atoms with Gasteiger partial charge in [-0.3, -0.25) is 0 Å². The number of hydrogen-bond acceptors (Lipinski definition) is 2.